The number of hydrogen-bond acceptors (Lipinski definition) is 5. The van der Waals surface area contributed by atoms with E-state index in [-0.39, 0.29) is 23.8 Å². The Labute approximate surface area is 177 Å². The number of carboxylic acid groups (broad SMARTS) is 1. The monoisotopic (exact) mass is 422 g/mol. The molecule has 0 bridgehead atoms. The average molecular weight is 423 g/mol. The molecule has 0 spiro atoms. The van der Waals surface area contributed by atoms with Crippen LogP contribution in [0.5, 0.6) is 0 Å². The molecule has 4 aromatic rings. The van der Waals surface area contributed by atoms with Gasteiger partial charge in [-0.3, -0.25) is 9.36 Å². The number of aromatic carboxylic acids is 1. The lowest BCUT2D eigenvalue weighted by Gasteiger charge is -2.14. The molecule has 0 aliphatic carbocycles. The standard InChI is InChI=1S/C23H22N2O4S/c1-12(2)20-24-21-19(17(11-30-21)16-7-5-13(3)9-14(16)4)22(26)25(20)10-15-6-8-18(29-15)23(27)28/h5-9,11-12H,10H2,1-4H3,(H,27,28). The predicted molar refractivity (Wildman–Crippen MR) is 118 cm³/mol. The molecule has 0 saturated carbocycles. The van der Waals surface area contributed by atoms with Crippen LogP contribution >= 0.6 is 11.3 Å². The highest BCUT2D eigenvalue weighted by Gasteiger charge is 2.20. The molecule has 0 atom stereocenters. The first-order valence-corrected chi connectivity index (χ1v) is 10.6. The minimum atomic E-state index is -1.14. The fraction of sp³-hybridized carbons (Fsp3) is 0.261. The fourth-order valence-corrected chi connectivity index (χ4v) is 4.62. The molecule has 3 aromatic heterocycles. The summed E-state index contributed by atoms with van der Waals surface area (Å²) >= 11 is 1.46. The Morgan fingerprint density at radius 3 is 2.60 bits per heavy atom. The third kappa shape index (κ3) is 3.45. The number of furan rings is 1. The zero-order valence-corrected chi connectivity index (χ0v) is 18.0. The molecule has 0 aliphatic rings. The molecule has 154 valence electrons. The van der Waals surface area contributed by atoms with Crippen molar-refractivity contribution in [2.24, 2.45) is 0 Å². The topological polar surface area (TPSA) is 85.3 Å². The van der Waals surface area contributed by atoms with E-state index in [1.807, 2.05) is 45.2 Å². The molecule has 1 aromatic carbocycles. The van der Waals surface area contributed by atoms with Crippen LogP contribution in [0.2, 0.25) is 0 Å². The third-order valence-corrected chi connectivity index (χ3v) is 5.97. The molecule has 7 heteroatoms. The fourth-order valence-electron chi connectivity index (χ4n) is 3.68. The van der Waals surface area contributed by atoms with Crippen molar-refractivity contribution >= 4 is 27.5 Å². The number of rotatable bonds is 5. The molecule has 6 nitrogen and oxygen atoms in total. The van der Waals surface area contributed by atoms with Gasteiger partial charge in [-0.15, -0.1) is 11.3 Å². The van der Waals surface area contributed by atoms with Gasteiger partial charge in [0.15, 0.2) is 0 Å². The van der Waals surface area contributed by atoms with E-state index in [9.17, 15) is 9.59 Å². The predicted octanol–water partition coefficient (Wildman–Crippen LogP) is 5.20. The quantitative estimate of drug-likeness (QED) is 0.477. The van der Waals surface area contributed by atoms with Gasteiger partial charge in [-0.25, -0.2) is 9.78 Å². The van der Waals surface area contributed by atoms with Gasteiger partial charge in [-0.05, 0) is 37.1 Å². The molecule has 0 amide bonds. The zero-order chi connectivity index (χ0) is 21.6. The zero-order valence-electron chi connectivity index (χ0n) is 17.2. The summed E-state index contributed by atoms with van der Waals surface area (Å²) < 4.78 is 6.99. The maximum absolute atomic E-state index is 13.6. The SMILES string of the molecule is Cc1ccc(-c2csc3nc(C(C)C)n(Cc4ccc(C(=O)O)o4)c(=O)c23)c(C)c1. The van der Waals surface area contributed by atoms with Crippen LogP contribution in [-0.2, 0) is 6.54 Å². The minimum Gasteiger partial charge on any atom is -0.475 e. The Bertz CT molecular complexity index is 1330. The molecule has 0 unspecified atom stereocenters. The molecule has 0 radical (unpaired) electrons. The second-order valence-electron chi connectivity index (χ2n) is 7.74. The van der Waals surface area contributed by atoms with Crippen molar-refractivity contribution in [1.82, 2.24) is 9.55 Å². The minimum absolute atomic E-state index is 0.0164. The van der Waals surface area contributed by atoms with Crippen molar-refractivity contribution in [1.29, 1.82) is 0 Å². The lowest BCUT2D eigenvalue weighted by molar-refractivity contribution is 0.0660. The molecule has 0 aliphatic heterocycles. The van der Waals surface area contributed by atoms with Crippen molar-refractivity contribution in [2.45, 2.75) is 40.2 Å². The van der Waals surface area contributed by atoms with Crippen molar-refractivity contribution in [2.75, 3.05) is 0 Å². The summed E-state index contributed by atoms with van der Waals surface area (Å²) in [5, 5.41) is 11.7. The highest BCUT2D eigenvalue weighted by atomic mass is 32.1. The van der Waals surface area contributed by atoms with E-state index >= 15 is 0 Å². The maximum Gasteiger partial charge on any atom is 0.371 e. The van der Waals surface area contributed by atoms with Gasteiger partial charge in [0.25, 0.3) is 5.56 Å². The van der Waals surface area contributed by atoms with Gasteiger partial charge in [0.2, 0.25) is 5.76 Å². The van der Waals surface area contributed by atoms with Crippen LogP contribution in [0.1, 0.15) is 53.0 Å². The maximum atomic E-state index is 13.6. The Balaban J connectivity index is 1.92. The first kappa shape index (κ1) is 20.1. The number of carboxylic acids is 1. The van der Waals surface area contributed by atoms with Crippen LogP contribution in [-0.4, -0.2) is 20.6 Å². The molecular formula is C23H22N2O4S. The molecule has 0 saturated heterocycles. The lowest BCUT2D eigenvalue weighted by Crippen LogP contribution is -2.26. The number of thiophene rings is 1. The van der Waals surface area contributed by atoms with Crippen LogP contribution in [0.15, 0.2) is 44.9 Å². The summed E-state index contributed by atoms with van der Waals surface area (Å²) in [6.45, 7) is 8.17. The summed E-state index contributed by atoms with van der Waals surface area (Å²) in [7, 11) is 0. The molecule has 30 heavy (non-hydrogen) atoms. The summed E-state index contributed by atoms with van der Waals surface area (Å²) in [5.41, 5.74) is 4.01. The summed E-state index contributed by atoms with van der Waals surface area (Å²) in [5.74, 6) is -0.218. The van der Waals surface area contributed by atoms with Crippen molar-refractivity contribution in [3.63, 3.8) is 0 Å². The Morgan fingerprint density at radius 2 is 1.97 bits per heavy atom. The van der Waals surface area contributed by atoms with Gasteiger partial charge in [0, 0.05) is 16.9 Å². The normalized spacial score (nSPS) is 11.5. The average Bonchev–Trinajstić information content (AvgIpc) is 3.31. The largest absolute Gasteiger partial charge is 0.475 e. The number of benzene rings is 1. The molecule has 3 heterocycles. The van der Waals surface area contributed by atoms with Crippen LogP contribution in [0.3, 0.4) is 0 Å². The lowest BCUT2D eigenvalue weighted by atomic mass is 9.99. The third-order valence-electron chi connectivity index (χ3n) is 5.10. The molecular weight excluding hydrogens is 400 g/mol. The van der Waals surface area contributed by atoms with E-state index in [1.54, 1.807) is 10.6 Å². The molecule has 4 rings (SSSR count). The number of aromatic nitrogens is 2. The second kappa shape index (κ2) is 7.57. The van der Waals surface area contributed by atoms with E-state index in [2.05, 4.69) is 6.07 Å². The van der Waals surface area contributed by atoms with Crippen LogP contribution in [0.25, 0.3) is 21.3 Å². The van der Waals surface area contributed by atoms with Crippen molar-refractivity contribution < 1.29 is 14.3 Å². The van der Waals surface area contributed by atoms with Crippen LogP contribution in [0.4, 0.5) is 0 Å². The number of aryl methyl sites for hydroxylation is 2. The van der Waals surface area contributed by atoms with Gasteiger partial charge < -0.3 is 9.52 Å². The van der Waals surface area contributed by atoms with E-state index in [0.717, 1.165) is 16.7 Å². The highest BCUT2D eigenvalue weighted by Crippen LogP contribution is 2.34. The van der Waals surface area contributed by atoms with E-state index in [0.29, 0.717) is 21.8 Å². The van der Waals surface area contributed by atoms with E-state index in [1.165, 1.54) is 23.0 Å². The first-order valence-electron chi connectivity index (χ1n) is 9.67. The Hall–Kier alpha value is -3.19. The smallest absolute Gasteiger partial charge is 0.371 e. The molecule has 0 fully saturated rings. The summed E-state index contributed by atoms with van der Waals surface area (Å²) in [4.78, 5) is 30.2. The van der Waals surface area contributed by atoms with Crippen LogP contribution in [0, 0.1) is 13.8 Å². The van der Waals surface area contributed by atoms with Crippen molar-refractivity contribution in [3.05, 3.63) is 74.5 Å². The number of hydrogen-bond donors (Lipinski definition) is 1. The molecule has 1 N–H and O–H groups in total. The van der Waals surface area contributed by atoms with Gasteiger partial charge in [0.1, 0.15) is 16.4 Å². The van der Waals surface area contributed by atoms with Gasteiger partial charge in [-0.1, -0.05) is 37.6 Å². The Morgan fingerprint density at radius 1 is 1.20 bits per heavy atom. The van der Waals surface area contributed by atoms with E-state index in [4.69, 9.17) is 14.5 Å². The number of fused-ring (bicyclic) bond motifs is 1. The van der Waals surface area contributed by atoms with Crippen molar-refractivity contribution in [3.8, 4) is 11.1 Å². The van der Waals surface area contributed by atoms with Gasteiger partial charge in [-0.2, -0.15) is 0 Å². The first-order chi connectivity index (χ1) is 14.3. The summed E-state index contributed by atoms with van der Waals surface area (Å²) in [6, 6.07) is 9.16. The summed E-state index contributed by atoms with van der Waals surface area (Å²) in [6.07, 6.45) is 0. The van der Waals surface area contributed by atoms with Gasteiger partial charge >= 0.3 is 5.97 Å². The van der Waals surface area contributed by atoms with Crippen LogP contribution < -0.4 is 5.56 Å². The van der Waals surface area contributed by atoms with Gasteiger partial charge in [0.05, 0.1) is 11.9 Å². The number of nitrogens with zero attached hydrogens (tertiary/aromatic N) is 2. The Kier molecular flexibility index (Phi) is 5.07. The number of carbonyl (C=O) groups is 1. The highest BCUT2D eigenvalue weighted by molar-refractivity contribution is 7.17. The van der Waals surface area contributed by atoms with E-state index < -0.39 is 5.97 Å². The second-order valence-corrected chi connectivity index (χ2v) is 8.59.